The molecule has 0 N–H and O–H groups in total. The highest BCUT2D eigenvalue weighted by Crippen LogP contribution is 2.35. The summed E-state index contributed by atoms with van der Waals surface area (Å²) in [4.78, 5) is 28.0. The number of rotatable bonds is 6. The van der Waals surface area contributed by atoms with Crippen LogP contribution >= 0.6 is 23.5 Å². The van der Waals surface area contributed by atoms with Crippen LogP contribution in [0.25, 0.3) is 5.69 Å². The first-order valence-electron chi connectivity index (χ1n) is 8.94. The van der Waals surface area contributed by atoms with Gasteiger partial charge in [0.1, 0.15) is 10.1 Å². The molecule has 7 nitrogen and oxygen atoms in total. The van der Waals surface area contributed by atoms with Crippen molar-refractivity contribution in [1.29, 1.82) is 0 Å². The first-order chi connectivity index (χ1) is 14.7. The summed E-state index contributed by atoms with van der Waals surface area (Å²) in [6.45, 7) is 0. The van der Waals surface area contributed by atoms with E-state index in [1.807, 2.05) is 60.7 Å². The Morgan fingerprint density at radius 2 is 1.83 bits per heavy atom. The van der Waals surface area contributed by atoms with E-state index in [2.05, 4.69) is 20.0 Å². The van der Waals surface area contributed by atoms with Gasteiger partial charge in [-0.2, -0.15) is 4.99 Å². The molecule has 0 radical (unpaired) electrons. The van der Waals surface area contributed by atoms with Gasteiger partial charge in [0.15, 0.2) is 5.69 Å². The van der Waals surface area contributed by atoms with E-state index in [4.69, 9.17) is 0 Å². The molecule has 2 heterocycles. The van der Waals surface area contributed by atoms with Gasteiger partial charge in [-0.25, -0.2) is 9.48 Å². The average molecular weight is 437 g/mol. The maximum absolute atomic E-state index is 12.2. The van der Waals surface area contributed by atoms with Gasteiger partial charge in [0.05, 0.1) is 17.7 Å². The summed E-state index contributed by atoms with van der Waals surface area (Å²) in [6.07, 6.45) is 1.14. The van der Waals surface area contributed by atoms with E-state index in [9.17, 15) is 9.59 Å². The van der Waals surface area contributed by atoms with E-state index in [-0.39, 0.29) is 4.91 Å². The highest BCUT2D eigenvalue weighted by Gasteiger charge is 2.29. The summed E-state index contributed by atoms with van der Waals surface area (Å²) < 4.78 is 6.34. The van der Waals surface area contributed by atoms with E-state index in [0.29, 0.717) is 16.5 Å². The van der Waals surface area contributed by atoms with Crippen LogP contribution in [0.1, 0.15) is 11.3 Å². The van der Waals surface area contributed by atoms with Crippen molar-refractivity contribution in [1.82, 2.24) is 15.0 Å². The minimum atomic E-state index is -0.603. The maximum atomic E-state index is 12.2. The molecule has 0 atom stereocenters. The normalized spacial score (nSPS) is 14.8. The first-order valence-corrected chi connectivity index (χ1v) is 10.7. The lowest BCUT2D eigenvalue weighted by Gasteiger charge is -2.08. The summed E-state index contributed by atoms with van der Waals surface area (Å²) in [5.74, 6) is -0.396. The molecule has 0 fully saturated rings. The molecule has 1 aliphatic heterocycles. The fourth-order valence-electron chi connectivity index (χ4n) is 2.68. The Kier molecular flexibility index (Phi) is 6.10. The number of benzene rings is 2. The number of para-hydroxylation sites is 1. The van der Waals surface area contributed by atoms with Crippen LogP contribution in [-0.2, 0) is 20.1 Å². The van der Waals surface area contributed by atoms with Crippen LogP contribution in [0.4, 0.5) is 0 Å². The van der Waals surface area contributed by atoms with E-state index in [1.54, 1.807) is 16.4 Å². The molecular formula is C21H16N4O3S2. The lowest BCUT2D eigenvalue weighted by Crippen LogP contribution is -2.01. The van der Waals surface area contributed by atoms with Crippen molar-refractivity contribution >= 4 is 40.4 Å². The third-order valence-electron chi connectivity index (χ3n) is 4.12. The Hall–Kier alpha value is -3.17. The molecule has 0 saturated carbocycles. The van der Waals surface area contributed by atoms with Crippen LogP contribution in [-0.4, -0.2) is 39.0 Å². The van der Waals surface area contributed by atoms with Crippen LogP contribution < -0.4 is 0 Å². The molecule has 0 aliphatic carbocycles. The van der Waals surface area contributed by atoms with Gasteiger partial charge in [-0.05, 0) is 17.7 Å². The molecule has 30 heavy (non-hydrogen) atoms. The molecule has 9 heteroatoms. The largest absolute Gasteiger partial charge is 0.466 e. The molecule has 0 spiro atoms. The van der Waals surface area contributed by atoms with E-state index in [0.717, 1.165) is 34.1 Å². The fraction of sp³-hybridized carbons (Fsp3) is 0.0952. The minimum absolute atomic E-state index is 0.199. The van der Waals surface area contributed by atoms with Crippen LogP contribution in [0.3, 0.4) is 0 Å². The molecule has 4 rings (SSSR count). The molecule has 1 aromatic heterocycles. The number of methoxy groups -OCH3 is 1. The molecule has 3 aromatic rings. The van der Waals surface area contributed by atoms with Gasteiger partial charge in [0.25, 0.3) is 5.91 Å². The van der Waals surface area contributed by atoms with Crippen molar-refractivity contribution in [2.24, 2.45) is 4.99 Å². The van der Waals surface area contributed by atoms with Crippen LogP contribution in [0, 0.1) is 0 Å². The van der Waals surface area contributed by atoms with Crippen molar-refractivity contribution in [2.45, 2.75) is 10.8 Å². The number of hydrogen-bond acceptors (Lipinski definition) is 7. The van der Waals surface area contributed by atoms with Gasteiger partial charge in [-0.15, -0.1) is 5.10 Å². The lowest BCUT2D eigenvalue weighted by molar-refractivity contribution is -0.135. The zero-order valence-electron chi connectivity index (χ0n) is 15.9. The number of ether oxygens (including phenoxy) is 1. The zero-order chi connectivity index (χ0) is 20.9. The fourth-order valence-corrected chi connectivity index (χ4v) is 4.64. The predicted molar refractivity (Wildman–Crippen MR) is 117 cm³/mol. The molecule has 0 saturated heterocycles. The number of carbonyl (C=O) groups is 2. The van der Waals surface area contributed by atoms with E-state index in [1.165, 1.54) is 7.11 Å². The van der Waals surface area contributed by atoms with Gasteiger partial charge < -0.3 is 4.74 Å². The van der Waals surface area contributed by atoms with Gasteiger partial charge in [0.2, 0.25) is 0 Å². The Morgan fingerprint density at radius 3 is 2.53 bits per heavy atom. The summed E-state index contributed by atoms with van der Waals surface area (Å²) >= 11 is 2.65. The second-order valence-electron chi connectivity index (χ2n) is 6.12. The molecule has 0 bridgehead atoms. The lowest BCUT2D eigenvalue weighted by atomic mass is 10.2. The summed E-state index contributed by atoms with van der Waals surface area (Å²) in [5.41, 5.74) is 2.51. The zero-order valence-corrected chi connectivity index (χ0v) is 17.5. The second-order valence-corrected chi connectivity index (χ2v) is 8.12. The monoisotopic (exact) mass is 436 g/mol. The molecule has 2 aromatic carbocycles. The number of nitrogens with zero attached hydrogens (tertiary/aromatic N) is 4. The summed E-state index contributed by atoms with van der Waals surface area (Å²) in [6, 6.07) is 19.7. The number of carbonyl (C=O) groups excluding carboxylic acids is 2. The number of amides is 1. The molecule has 1 amide bonds. The summed E-state index contributed by atoms with van der Waals surface area (Å²) in [5, 5.41) is 9.78. The van der Waals surface area contributed by atoms with E-state index < -0.39 is 11.9 Å². The van der Waals surface area contributed by atoms with E-state index >= 15 is 0 Å². The van der Waals surface area contributed by atoms with Gasteiger partial charge in [0, 0.05) is 11.8 Å². The number of aliphatic imine (C=N–C) groups is 1. The maximum Gasteiger partial charge on any atom is 0.331 e. The minimum Gasteiger partial charge on any atom is -0.466 e. The Balaban J connectivity index is 1.69. The van der Waals surface area contributed by atoms with Gasteiger partial charge >= 0.3 is 5.97 Å². The summed E-state index contributed by atoms with van der Waals surface area (Å²) in [7, 11) is 1.26. The smallest absolute Gasteiger partial charge is 0.331 e. The topological polar surface area (TPSA) is 86.4 Å². The van der Waals surface area contributed by atoms with Crippen molar-refractivity contribution in [2.75, 3.05) is 7.11 Å². The Morgan fingerprint density at radius 1 is 1.13 bits per heavy atom. The second kappa shape index (κ2) is 9.10. The number of hydrogen-bond donors (Lipinski definition) is 0. The van der Waals surface area contributed by atoms with Gasteiger partial charge in [-0.1, -0.05) is 77.3 Å². The molecule has 0 unspecified atom stereocenters. The molecule has 1 aliphatic rings. The molecule has 150 valence electrons. The van der Waals surface area contributed by atoms with Crippen molar-refractivity contribution in [3.63, 3.8) is 0 Å². The van der Waals surface area contributed by atoms with Crippen molar-refractivity contribution < 1.29 is 14.3 Å². The number of thioether (sulfide) groups is 2. The highest BCUT2D eigenvalue weighted by molar-refractivity contribution is 8.19. The van der Waals surface area contributed by atoms with Crippen LogP contribution in [0.15, 0.2) is 81.7 Å². The van der Waals surface area contributed by atoms with Crippen LogP contribution in [0.2, 0.25) is 0 Å². The third kappa shape index (κ3) is 4.37. The number of esters is 1. The first kappa shape index (κ1) is 20.1. The Labute approximate surface area is 181 Å². The molecular weight excluding hydrogens is 420 g/mol. The van der Waals surface area contributed by atoms with Gasteiger partial charge in [-0.3, -0.25) is 4.79 Å². The standard InChI is InChI=1S/C21H16N4O3S2/c1-28-17(26)12-16-19(27)22-20(30-16)18-21(29-13-14-8-4-2-5-9-14)25(24-23-18)15-10-6-3-7-11-15/h2-12H,13H2,1H3/b16-12-. The Bertz CT molecular complexity index is 1140. The van der Waals surface area contributed by atoms with Crippen molar-refractivity contribution in [3.8, 4) is 5.69 Å². The van der Waals surface area contributed by atoms with Crippen molar-refractivity contribution in [3.05, 3.63) is 82.9 Å². The number of aromatic nitrogens is 3. The third-order valence-corrected chi connectivity index (χ3v) is 6.23. The highest BCUT2D eigenvalue weighted by atomic mass is 32.2. The quantitative estimate of drug-likeness (QED) is 0.331. The average Bonchev–Trinajstić information content (AvgIpc) is 3.37. The van der Waals surface area contributed by atoms with Crippen LogP contribution in [0.5, 0.6) is 0 Å². The SMILES string of the molecule is COC(=O)/C=C1\SC(c2nnn(-c3ccccc3)c2SCc2ccccc2)=NC1=O. The predicted octanol–water partition coefficient (Wildman–Crippen LogP) is 3.64.